The van der Waals surface area contributed by atoms with Gasteiger partial charge in [-0.05, 0) is 49.4 Å². The van der Waals surface area contributed by atoms with Crippen molar-refractivity contribution in [3.05, 3.63) is 0 Å². The second kappa shape index (κ2) is 2.84. The minimum atomic E-state index is 0.324. The number of carbonyl (C=O) groups excluding carboxylic acids is 1. The molecule has 3 fully saturated rings. The number of hydrogen-bond donors (Lipinski definition) is 0. The molecule has 0 aliphatic heterocycles. The molecule has 0 aromatic heterocycles. The number of carbonyl (C=O) groups is 1. The van der Waals surface area contributed by atoms with Crippen molar-refractivity contribution in [2.45, 2.75) is 39.5 Å². The molecule has 1 nitrogen and oxygen atoms in total. The first-order valence-electron chi connectivity index (χ1n) is 6.27. The summed E-state index contributed by atoms with van der Waals surface area (Å²) in [5, 5.41) is 0. The van der Waals surface area contributed by atoms with Gasteiger partial charge in [0, 0.05) is 11.8 Å². The minimum absolute atomic E-state index is 0.324. The molecule has 0 heterocycles. The molecule has 0 aromatic carbocycles. The Labute approximate surface area is 86.3 Å². The lowest BCUT2D eigenvalue weighted by Gasteiger charge is -2.11. The zero-order chi connectivity index (χ0) is 9.87. The molecular weight excluding hydrogens is 172 g/mol. The van der Waals surface area contributed by atoms with Crippen LogP contribution in [0.15, 0.2) is 0 Å². The van der Waals surface area contributed by atoms with Crippen molar-refractivity contribution in [2.75, 3.05) is 0 Å². The molecule has 3 aliphatic carbocycles. The van der Waals surface area contributed by atoms with Gasteiger partial charge in [-0.3, -0.25) is 4.79 Å². The van der Waals surface area contributed by atoms with E-state index in [2.05, 4.69) is 13.8 Å². The van der Waals surface area contributed by atoms with Crippen molar-refractivity contribution in [1.82, 2.24) is 0 Å². The highest BCUT2D eigenvalue weighted by molar-refractivity contribution is 5.86. The first-order valence-corrected chi connectivity index (χ1v) is 6.27. The molecule has 3 rings (SSSR count). The van der Waals surface area contributed by atoms with Crippen LogP contribution in [0.5, 0.6) is 0 Å². The maximum atomic E-state index is 12.1. The maximum Gasteiger partial charge on any atom is 0.139 e. The van der Waals surface area contributed by atoms with Crippen molar-refractivity contribution in [3.63, 3.8) is 0 Å². The van der Waals surface area contributed by atoms with Gasteiger partial charge in [0.15, 0.2) is 0 Å². The van der Waals surface area contributed by atoms with Crippen LogP contribution in [-0.4, -0.2) is 5.78 Å². The summed E-state index contributed by atoms with van der Waals surface area (Å²) < 4.78 is 0. The van der Waals surface area contributed by atoms with E-state index < -0.39 is 0 Å². The van der Waals surface area contributed by atoms with Crippen molar-refractivity contribution in [1.29, 1.82) is 0 Å². The van der Waals surface area contributed by atoms with Gasteiger partial charge in [0.25, 0.3) is 0 Å². The van der Waals surface area contributed by atoms with Crippen LogP contribution in [0.3, 0.4) is 0 Å². The van der Waals surface area contributed by atoms with E-state index in [1.807, 2.05) is 0 Å². The lowest BCUT2D eigenvalue weighted by Crippen LogP contribution is -2.16. The largest absolute Gasteiger partial charge is 0.299 e. The smallest absolute Gasteiger partial charge is 0.139 e. The molecule has 0 aromatic rings. The van der Waals surface area contributed by atoms with E-state index in [0.717, 1.165) is 30.1 Å². The molecule has 2 bridgehead atoms. The third kappa shape index (κ3) is 0.988. The molecule has 1 heteroatoms. The Balaban J connectivity index is 1.71. The number of fused-ring (bicyclic) bond motifs is 5. The van der Waals surface area contributed by atoms with Gasteiger partial charge >= 0.3 is 0 Å². The highest BCUT2D eigenvalue weighted by Gasteiger charge is 2.67. The fourth-order valence-electron chi connectivity index (χ4n) is 4.24. The number of rotatable bonds is 3. The molecule has 0 radical (unpaired) electrons. The topological polar surface area (TPSA) is 17.1 Å². The molecular formula is C13H20O. The summed E-state index contributed by atoms with van der Waals surface area (Å²) in [7, 11) is 0. The second-order valence-corrected chi connectivity index (χ2v) is 5.73. The van der Waals surface area contributed by atoms with E-state index in [9.17, 15) is 4.79 Å². The molecule has 0 spiro atoms. The van der Waals surface area contributed by atoms with Crippen LogP contribution in [0.25, 0.3) is 0 Å². The fraction of sp³-hybridized carbons (Fsp3) is 0.923. The van der Waals surface area contributed by atoms with Crippen LogP contribution < -0.4 is 0 Å². The molecule has 3 saturated carbocycles. The van der Waals surface area contributed by atoms with E-state index >= 15 is 0 Å². The summed E-state index contributed by atoms with van der Waals surface area (Å²) in [6.07, 6.45) is 5.34. The SMILES string of the molecule is CCC(C)C(=O)C1C2C3CCC(C3)C12. The van der Waals surface area contributed by atoms with E-state index in [1.165, 1.54) is 19.3 Å². The lowest BCUT2D eigenvalue weighted by molar-refractivity contribution is -0.124. The van der Waals surface area contributed by atoms with Crippen LogP contribution in [0.1, 0.15) is 39.5 Å². The maximum absolute atomic E-state index is 12.1. The molecule has 14 heavy (non-hydrogen) atoms. The average Bonchev–Trinajstić information content (AvgIpc) is 2.64. The van der Waals surface area contributed by atoms with Gasteiger partial charge in [-0.2, -0.15) is 0 Å². The normalized spacial score (nSPS) is 50.3. The standard InChI is InChI=1S/C13H20O/c1-3-7(2)13(14)12-10-8-4-5-9(6-8)11(10)12/h7-12H,3-6H2,1-2H3. The molecule has 78 valence electrons. The summed E-state index contributed by atoms with van der Waals surface area (Å²) in [5.41, 5.74) is 0. The summed E-state index contributed by atoms with van der Waals surface area (Å²) in [4.78, 5) is 12.1. The van der Waals surface area contributed by atoms with Gasteiger partial charge in [0.2, 0.25) is 0 Å². The van der Waals surface area contributed by atoms with Gasteiger partial charge in [0.05, 0.1) is 0 Å². The second-order valence-electron chi connectivity index (χ2n) is 5.73. The van der Waals surface area contributed by atoms with E-state index in [1.54, 1.807) is 0 Å². The van der Waals surface area contributed by atoms with Crippen LogP contribution in [0, 0.1) is 35.5 Å². The Bertz CT molecular complexity index is 254. The molecule has 5 unspecified atom stereocenters. The van der Waals surface area contributed by atoms with Crippen molar-refractivity contribution in [3.8, 4) is 0 Å². The predicted octanol–water partition coefficient (Wildman–Crippen LogP) is 2.89. The quantitative estimate of drug-likeness (QED) is 0.672. The van der Waals surface area contributed by atoms with Crippen LogP contribution in [0.2, 0.25) is 0 Å². The highest BCUT2D eigenvalue weighted by Crippen LogP contribution is 2.69. The van der Waals surface area contributed by atoms with E-state index in [4.69, 9.17) is 0 Å². The number of Topliss-reactive ketones (excluding diaryl/α,β-unsaturated/α-hetero) is 1. The Hall–Kier alpha value is -0.330. The van der Waals surface area contributed by atoms with Crippen LogP contribution in [-0.2, 0) is 4.79 Å². The third-order valence-corrected chi connectivity index (χ3v) is 5.16. The number of ketones is 1. The van der Waals surface area contributed by atoms with Gasteiger partial charge in [-0.1, -0.05) is 13.8 Å². The van der Waals surface area contributed by atoms with Gasteiger partial charge in [0.1, 0.15) is 5.78 Å². The van der Waals surface area contributed by atoms with Crippen LogP contribution in [0.4, 0.5) is 0 Å². The summed E-state index contributed by atoms with van der Waals surface area (Å²) >= 11 is 0. The molecule has 5 atom stereocenters. The lowest BCUT2D eigenvalue weighted by atomic mass is 9.92. The molecule has 0 saturated heterocycles. The highest BCUT2D eigenvalue weighted by atomic mass is 16.1. The van der Waals surface area contributed by atoms with Crippen molar-refractivity contribution in [2.24, 2.45) is 35.5 Å². The average molecular weight is 192 g/mol. The zero-order valence-corrected chi connectivity index (χ0v) is 9.20. The summed E-state index contributed by atoms with van der Waals surface area (Å²) in [6.45, 7) is 4.24. The Morgan fingerprint density at radius 3 is 2.36 bits per heavy atom. The molecule has 0 amide bonds. The van der Waals surface area contributed by atoms with E-state index in [-0.39, 0.29) is 0 Å². The Morgan fingerprint density at radius 2 is 1.86 bits per heavy atom. The Kier molecular flexibility index (Phi) is 1.81. The number of hydrogen-bond acceptors (Lipinski definition) is 1. The summed E-state index contributed by atoms with van der Waals surface area (Å²) in [6, 6.07) is 0. The van der Waals surface area contributed by atoms with Gasteiger partial charge < -0.3 is 0 Å². The van der Waals surface area contributed by atoms with Gasteiger partial charge in [-0.25, -0.2) is 0 Å². The summed E-state index contributed by atoms with van der Waals surface area (Å²) in [5.74, 6) is 5.01. The van der Waals surface area contributed by atoms with Crippen LogP contribution >= 0.6 is 0 Å². The van der Waals surface area contributed by atoms with E-state index in [0.29, 0.717) is 17.6 Å². The zero-order valence-electron chi connectivity index (χ0n) is 9.20. The monoisotopic (exact) mass is 192 g/mol. The first-order chi connectivity index (χ1) is 6.74. The fourth-order valence-corrected chi connectivity index (χ4v) is 4.24. The minimum Gasteiger partial charge on any atom is -0.299 e. The first kappa shape index (κ1) is 8.94. The van der Waals surface area contributed by atoms with Crippen molar-refractivity contribution < 1.29 is 4.79 Å². The third-order valence-electron chi connectivity index (χ3n) is 5.16. The molecule has 0 N–H and O–H groups in total. The predicted molar refractivity (Wildman–Crippen MR) is 55.8 cm³/mol. The van der Waals surface area contributed by atoms with Gasteiger partial charge in [-0.15, -0.1) is 0 Å². The molecule has 3 aliphatic rings. The van der Waals surface area contributed by atoms with Crippen molar-refractivity contribution >= 4 is 5.78 Å². The Morgan fingerprint density at radius 1 is 1.29 bits per heavy atom.